The fourth-order valence-corrected chi connectivity index (χ4v) is 3.92. The topological polar surface area (TPSA) is 50.5 Å². The minimum absolute atomic E-state index is 0.00692. The third kappa shape index (κ3) is 2.27. The molecule has 1 aromatic rings. The van der Waals surface area contributed by atoms with Crippen LogP contribution in [0.3, 0.4) is 0 Å². The number of para-hydroxylation sites is 2. The molecule has 2 atom stereocenters. The van der Waals surface area contributed by atoms with Crippen LogP contribution in [-0.4, -0.2) is 43.2 Å². The Labute approximate surface area is 121 Å². The minimum Gasteiger partial charge on any atom is -0.495 e. The molecule has 4 heteroatoms. The lowest BCUT2D eigenvalue weighted by atomic mass is 9.82. The first-order valence-corrected chi connectivity index (χ1v) is 7.51. The Morgan fingerprint density at radius 1 is 1.30 bits per heavy atom. The lowest BCUT2D eigenvalue weighted by Crippen LogP contribution is -2.57. The summed E-state index contributed by atoms with van der Waals surface area (Å²) in [6.07, 6.45) is 4.84. The maximum Gasteiger partial charge on any atom is 0.141 e. The van der Waals surface area contributed by atoms with Gasteiger partial charge in [0.15, 0.2) is 0 Å². The van der Waals surface area contributed by atoms with E-state index in [1.54, 1.807) is 7.11 Å². The monoisotopic (exact) mass is 275 g/mol. The average molecular weight is 275 g/mol. The van der Waals surface area contributed by atoms with Crippen molar-refractivity contribution >= 4 is 5.69 Å². The minimum atomic E-state index is 0.00692. The molecule has 0 spiro atoms. The number of methoxy groups -OCH3 is 1. The van der Waals surface area contributed by atoms with Gasteiger partial charge < -0.3 is 20.7 Å². The number of nitrogens with zero attached hydrogens (tertiary/aromatic N) is 1. The van der Waals surface area contributed by atoms with Crippen molar-refractivity contribution in [3.63, 3.8) is 0 Å². The molecule has 2 saturated heterocycles. The zero-order valence-electron chi connectivity index (χ0n) is 12.4. The van der Waals surface area contributed by atoms with Crippen LogP contribution in [0.1, 0.15) is 25.7 Å². The van der Waals surface area contributed by atoms with Crippen molar-refractivity contribution in [3.05, 3.63) is 24.3 Å². The van der Waals surface area contributed by atoms with Gasteiger partial charge in [-0.1, -0.05) is 12.1 Å². The van der Waals surface area contributed by atoms with E-state index in [1.807, 2.05) is 18.2 Å². The zero-order chi connectivity index (χ0) is 14.2. The van der Waals surface area contributed by atoms with Gasteiger partial charge in [0.1, 0.15) is 5.75 Å². The van der Waals surface area contributed by atoms with Gasteiger partial charge >= 0.3 is 0 Å². The molecule has 4 nitrogen and oxygen atoms in total. The molecule has 110 valence electrons. The Balaban J connectivity index is 1.84. The molecular formula is C16H25N3O. The second-order valence-electron chi connectivity index (χ2n) is 6.27. The number of ether oxygens (including phenoxy) is 1. The summed E-state index contributed by atoms with van der Waals surface area (Å²) < 4.78 is 5.45. The highest BCUT2D eigenvalue weighted by Crippen LogP contribution is 2.42. The Morgan fingerprint density at radius 2 is 1.95 bits per heavy atom. The summed E-state index contributed by atoms with van der Waals surface area (Å²) in [5, 5.41) is 3.71. The molecule has 0 radical (unpaired) electrons. The van der Waals surface area contributed by atoms with E-state index >= 15 is 0 Å². The molecule has 0 amide bonds. The molecule has 20 heavy (non-hydrogen) atoms. The molecule has 0 aromatic heterocycles. The number of anilines is 1. The van der Waals surface area contributed by atoms with Gasteiger partial charge in [-0.25, -0.2) is 0 Å². The van der Waals surface area contributed by atoms with Gasteiger partial charge in [-0.2, -0.15) is 0 Å². The van der Waals surface area contributed by atoms with Gasteiger partial charge in [0.05, 0.1) is 18.3 Å². The van der Waals surface area contributed by atoms with Crippen molar-refractivity contribution in [2.75, 3.05) is 26.0 Å². The molecular weight excluding hydrogens is 250 g/mol. The van der Waals surface area contributed by atoms with Crippen LogP contribution in [0, 0.1) is 0 Å². The second-order valence-corrected chi connectivity index (χ2v) is 6.27. The summed E-state index contributed by atoms with van der Waals surface area (Å²) in [4.78, 5) is 2.54. The zero-order valence-corrected chi connectivity index (χ0v) is 12.4. The molecule has 3 rings (SSSR count). The van der Waals surface area contributed by atoms with Gasteiger partial charge in [-0.3, -0.25) is 0 Å². The number of fused-ring (bicyclic) bond motifs is 2. The molecule has 2 aliphatic heterocycles. The van der Waals surface area contributed by atoms with E-state index in [0.717, 1.165) is 24.3 Å². The summed E-state index contributed by atoms with van der Waals surface area (Å²) >= 11 is 0. The van der Waals surface area contributed by atoms with Crippen molar-refractivity contribution in [1.29, 1.82) is 0 Å². The highest BCUT2D eigenvalue weighted by Gasteiger charge is 2.46. The number of rotatable bonds is 4. The standard InChI is InChI=1S/C16H25N3O/c1-19-12-7-8-13(19)10-16(9-12,11-17)18-14-5-3-4-6-15(14)20-2/h3-6,12-13,18H,7-11,17H2,1-2H3. The van der Waals surface area contributed by atoms with Crippen molar-refractivity contribution < 1.29 is 4.74 Å². The van der Waals surface area contributed by atoms with Crippen LogP contribution >= 0.6 is 0 Å². The molecule has 2 heterocycles. The normalized spacial score (nSPS) is 33.1. The summed E-state index contributed by atoms with van der Waals surface area (Å²) in [7, 11) is 3.97. The lowest BCUT2D eigenvalue weighted by Gasteiger charge is -2.46. The van der Waals surface area contributed by atoms with E-state index in [4.69, 9.17) is 10.5 Å². The van der Waals surface area contributed by atoms with Crippen molar-refractivity contribution in [2.24, 2.45) is 5.73 Å². The molecule has 0 saturated carbocycles. The van der Waals surface area contributed by atoms with Crippen LogP contribution in [0.4, 0.5) is 5.69 Å². The SMILES string of the molecule is COc1ccccc1NC1(CN)CC2CCC(C1)N2C. The summed E-state index contributed by atoms with van der Waals surface area (Å²) in [5.74, 6) is 0.895. The Hall–Kier alpha value is -1.26. The van der Waals surface area contributed by atoms with Gasteiger partial charge in [-0.15, -0.1) is 0 Å². The maximum absolute atomic E-state index is 6.15. The van der Waals surface area contributed by atoms with Crippen LogP contribution in [0.2, 0.25) is 0 Å². The van der Waals surface area contributed by atoms with Gasteiger partial charge in [0, 0.05) is 18.6 Å². The third-order valence-electron chi connectivity index (χ3n) is 5.14. The Morgan fingerprint density at radius 3 is 2.55 bits per heavy atom. The quantitative estimate of drug-likeness (QED) is 0.883. The van der Waals surface area contributed by atoms with Crippen molar-refractivity contribution in [1.82, 2.24) is 4.90 Å². The van der Waals surface area contributed by atoms with E-state index in [1.165, 1.54) is 12.8 Å². The highest BCUT2D eigenvalue weighted by molar-refractivity contribution is 5.58. The number of hydrogen-bond acceptors (Lipinski definition) is 4. The first kappa shape index (κ1) is 13.7. The maximum atomic E-state index is 6.15. The van der Waals surface area contributed by atoms with Crippen LogP contribution in [0.15, 0.2) is 24.3 Å². The average Bonchev–Trinajstić information content (AvgIpc) is 2.71. The largest absolute Gasteiger partial charge is 0.495 e. The number of piperidine rings is 1. The summed E-state index contributed by atoms with van der Waals surface area (Å²) in [6, 6.07) is 9.45. The fraction of sp³-hybridized carbons (Fsp3) is 0.625. The van der Waals surface area contributed by atoms with Crippen LogP contribution < -0.4 is 15.8 Å². The molecule has 3 N–H and O–H groups in total. The third-order valence-corrected chi connectivity index (χ3v) is 5.14. The lowest BCUT2D eigenvalue weighted by molar-refractivity contribution is 0.127. The van der Waals surface area contributed by atoms with E-state index in [9.17, 15) is 0 Å². The summed E-state index contributed by atoms with van der Waals surface area (Å²) in [5.41, 5.74) is 7.22. The predicted molar refractivity (Wildman–Crippen MR) is 82.2 cm³/mol. The van der Waals surface area contributed by atoms with Crippen LogP contribution in [0.25, 0.3) is 0 Å². The first-order chi connectivity index (χ1) is 9.67. The van der Waals surface area contributed by atoms with Gasteiger partial charge in [0.2, 0.25) is 0 Å². The Bertz CT molecular complexity index is 463. The molecule has 2 aliphatic rings. The van der Waals surface area contributed by atoms with Crippen LogP contribution in [-0.2, 0) is 0 Å². The van der Waals surface area contributed by atoms with Crippen molar-refractivity contribution in [2.45, 2.75) is 43.3 Å². The number of benzene rings is 1. The highest BCUT2D eigenvalue weighted by atomic mass is 16.5. The predicted octanol–water partition coefficient (Wildman–Crippen LogP) is 2.06. The molecule has 2 unspecified atom stereocenters. The van der Waals surface area contributed by atoms with E-state index in [2.05, 4.69) is 23.3 Å². The molecule has 1 aromatic carbocycles. The first-order valence-electron chi connectivity index (χ1n) is 7.51. The number of hydrogen-bond donors (Lipinski definition) is 2. The smallest absolute Gasteiger partial charge is 0.141 e. The fourth-order valence-electron chi connectivity index (χ4n) is 3.92. The van der Waals surface area contributed by atoms with Gasteiger partial charge in [0.25, 0.3) is 0 Å². The van der Waals surface area contributed by atoms with E-state index in [0.29, 0.717) is 18.6 Å². The molecule has 0 aliphatic carbocycles. The van der Waals surface area contributed by atoms with E-state index in [-0.39, 0.29) is 5.54 Å². The summed E-state index contributed by atoms with van der Waals surface area (Å²) in [6.45, 7) is 0.673. The molecule has 2 fully saturated rings. The van der Waals surface area contributed by atoms with E-state index < -0.39 is 0 Å². The van der Waals surface area contributed by atoms with Crippen LogP contribution in [0.5, 0.6) is 5.75 Å². The number of nitrogens with two attached hydrogens (primary N) is 1. The van der Waals surface area contributed by atoms with Crippen molar-refractivity contribution in [3.8, 4) is 5.75 Å². The Kier molecular flexibility index (Phi) is 3.61. The van der Waals surface area contributed by atoms with Gasteiger partial charge in [-0.05, 0) is 44.9 Å². The number of nitrogens with one attached hydrogen (secondary N) is 1. The molecule has 2 bridgehead atoms. The second kappa shape index (κ2) is 5.26.